The number of nitrogen functional groups attached to an aromatic ring is 1. The minimum Gasteiger partial charge on any atom is -0.399 e. The fourth-order valence-electron chi connectivity index (χ4n) is 3.30. The van der Waals surface area contributed by atoms with Crippen LogP contribution in [-0.2, 0) is 4.79 Å². The van der Waals surface area contributed by atoms with Gasteiger partial charge >= 0.3 is 0 Å². The van der Waals surface area contributed by atoms with Gasteiger partial charge in [0, 0.05) is 22.9 Å². The van der Waals surface area contributed by atoms with E-state index in [2.05, 4.69) is 15.8 Å². The lowest BCUT2D eigenvalue weighted by atomic mass is 9.88. The van der Waals surface area contributed by atoms with Gasteiger partial charge in [0.2, 0.25) is 5.91 Å². The molecule has 146 valence electrons. The Balaban J connectivity index is 1.56. The molecule has 28 heavy (non-hydrogen) atoms. The summed E-state index contributed by atoms with van der Waals surface area (Å²) in [5.74, 6) is -0.136. The molecule has 0 aromatic heterocycles. The number of rotatable bonds is 5. The number of benzene rings is 2. The van der Waals surface area contributed by atoms with Crippen LogP contribution in [-0.4, -0.2) is 17.5 Å². The highest BCUT2D eigenvalue weighted by Gasteiger charge is 2.21. The van der Waals surface area contributed by atoms with Crippen molar-refractivity contribution >= 4 is 28.9 Å². The number of nitrogens with one attached hydrogen (secondary N) is 2. The summed E-state index contributed by atoms with van der Waals surface area (Å²) in [6.07, 6.45) is 5.37. The summed E-state index contributed by atoms with van der Waals surface area (Å²) >= 11 is 0. The van der Waals surface area contributed by atoms with Gasteiger partial charge in [0.1, 0.15) is 0 Å². The standard InChI is InChI=1S/C22H26N4O2/c1-15(16-7-11-19(23)12-8-16)25-26-22(28)18-9-13-20(14-10-18)24-21(27)17-5-3-2-4-6-17/h7-14,17H,2-6,23H2,1H3,(H,24,27)(H,26,28). The van der Waals surface area contributed by atoms with Crippen molar-refractivity contribution in [2.45, 2.75) is 39.0 Å². The summed E-state index contributed by atoms with van der Waals surface area (Å²) in [7, 11) is 0. The van der Waals surface area contributed by atoms with Crippen molar-refractivity contribution in [1.29, 1.82) is 0 Å². The van der Waals surface area contributed by atoms with Gasteiger partial charge in [-0.3, -0.25) is 9.59 Å². The number of amides is 2. The molecule has 1 aliphatic rings. The van der Waals surface area contributed by atoms with Crippen LogP contribution in [0.3, 0.4) is 0 Å². The zero-order valence-corrected chi connectivity index (χ0v) is 16.1. The van der Waals surface area contributed by atoms with Gasteiger partial charge in [0.15, 0.2) is 0 Å². The molecule has 0 aliphatic heterocycles. The lowest BCUT2D eigenvalue weighted by Gasteiger charge is -2.20. The number of carbonyl (C=O) groups excluding carboxylic acids is 2. The maximum absolute atomic E-state index is 12.3. The molecule has 0 heterocycles. The third kappa shape index (κ3) is 5.19. The first-order valence-electron chi connectivity index (χ1n) is 9.64. The fourth-order valence-corrected chi connectivity index (χ4v) is 3.30. The molecule has 1 aliphatic carbocycles. The number of anilines is 2. The van der Waals surface area contributed by atoms with E-state index >= 15 is 0 Å². The van der Waals surface area contributed by atoms with Crippen molar-refractivity contribution in [2.24, 2.45) is 11.0 Å². The van der Waals surface area contributed by atoms with E-state index in [-0.39, 0.29) is 17.7 Å². The van der Waals surface area contributed by atoms with Crippen LogP contribution in [0.5, 0.6) is 0 Å². The predicted molar refractivity (Wildman–Crippen MR) is 112 cm³/mol. The summed E-state index contributed by atoms with van der Waals surface area (Å²) in [6.45, 7) is 1.82. The van der Waals surface area contributed by atoms with Crippen LogP contribution in [0.2, 0.25) is 0 Å². The van der Waals surface area contributed by atoms with Crippen LogP contribution in [0.15, 0.2) is 53.6 Å². The van der Waals surface area contributed by atoms with Crippen molar-refractivity contribution in [3.8, 4) is 0 Å². The third-order valence-corrected chi connectivity index (χ3v) is 5.04. The first-order chi connectivity index (χ1) is 13.5. The van der Waals surface area contributed by atoms with Gasteiger partial charge in [-0.05, 0) is 61.7 Å². The van der Waals surface area contributed by atoms with Crippen molar-refractivity contribution < 1.29 is 9.59 Å². The lowest BCUT2D eigenvalue weighted by molar-refractivity contribution is -0.120. The van der Waals surface area contributed by atoms with E-state index in [1.807, 2.05) is 19.1 Å². The van der Waals surface area contributed by atoms with Crippen LogP contribution in [0.25, 0.3) is 0 Å². The number of nitrogens with zero attached hydrogens (tertiary/aromatic N) is 1. The molecular formula is C22H26N4O2. The Morgan fingerprint density at radius 3 is 2.18 bits per heavy atom. The second-order valence-electron chi connectivity index (χ2n) is 7.16. The lowest BCUT2D eigenvalue weighted by Crippen LogP contribution is -2.24. The molecule has 0 radical (unpaired) electrons. The Hall–Kier alpha value is -3.15. The van der Waals surface area contributed by atoms with Crippen LogP contribution in [0.1, 0.15) is 54.9 Å². The number of hydrogen-bond acceptors (Lipinski definition) is 4. The van der Waals surface area contributed by atoms with Gasteiger partial charge in [0.25, 0.3) is 5.91 Å². The molecule has 0 spiro atoms. The Morgan fingerprint density at radius 1 is 0.929 bits per heavy atom. The van der Waals surface area contributed by atoms with Crippen molar-refractivity contribution in [3.63, 3.8) is 0 Å². The maximum atomic E-state index is 12.3. The molecule has 0 unspecified atom stereocenters. The minimum absolute atomic E-state index is 0.0700. The Labute approximate surface area is 165 Å². The van der Waals surface area contributed by atoms with Gasteiger partial charge in [-0.15, -0.1) is 0 Å². The molecule has 0 bridgehead atoms. The summed E-state index contributed by atoms with van der Waals surface area (Å²) in [6, 6.07) is 14.1. The number of nitrogens with two attached hydrogens (primary N) is 1. The Bertz CT molecular complexity index is 851. The first kappa shape index (κ1) is 19.6. The van der Waals surface area contributed by atoms with Gasteiger partial charge in [-0.1, -0.05) is 31.4 Å². The third-order valence-electron chi connectivity index (χ3n) is 5.04. The summed E-state index contributed by atoms with van der Waals surface area (Å²) in [5.41, 5.74) is 11.7. The highest BCUT2D eigenvalue weighted by atomic mass is 16.2. The van der Waals surface area contributed by atoms with E-state index in [9.17, 15) is 9.59 Å². The quantitative estimate of drug-likeness (QED) is 0.418. The molecule has 1 saturated carbocycles. The summed E-state index contributed by atoms with van der Waals surface area (Å²) in [4.78, 5) is 24.6. The van der Waals surface area contributed by atoms with Crippen LogP contribution in [0, 0.1) is 5.92 Å². The summed E-state index contributed by atoms with van der Waals surface area (Å²) < 4.78 is 0. The van der Waals surface area contributed by atoms with Gasteiger partial charge in [0.05, 0.1) is 5.71 Å². The topological polar surface area (TPSA) is 96.6 Å². The van der Waals surface area contributed by atoms with Crippen LogP contribution < -0.4 is 16.5 Å². The van der Waals surface area contributed by atoms with Gasteiger partial charge in [-0.2, -0.15) is 5.10 Å². The van der Waals surface area contributed by atoms with Gasteiger partial charge in [-0.25, -0.2) is 5.43 Å². The predicted octanol–water partition coefficient (Wildman–Crippen LogP) is 3.94. The highest BCUT2D eigenvalue weighted by molar-refractivity contribution is 6.01. The molecule has 2 aromatic rings. The van der Waals surface area contributed by atoms with E-state index in [1.54, 1.807) is 36.4 Å². The number of hydrazone groups is 1. The van der Waals surface area contributed by atoms with E-state index in [0.29, 0.717) is 22.6 Å². The molecule has 2 aromatic carbocycles. The number of hydrogen-bond donors (Lipinski definition) is 3. The molecule has 1 fully saturated rings. The van der Waals surface area contributed by atoms with Crippen molar-refractivity contribution in [3.05, 3.63) is 59.7 Å². The minimum atomic E-state index is -0.306. The fraction of sp³-hybridized carbons (Fsp3) is 0.318. The SMILES string of the molecule is CC(=NNC(=O)c1ccc(NC(=O)C2CCCCC2)cc1)c1ccc(N)cc1. The van der Waals surface area contributed by atoms with E-state index in [4.69, 9.17) is 5.73 Å². The Kier molecular flexibility index (Phi) is 6.42. The zero-order valence-electron chi connectivity index (χ0n) is 16.1. The average Bonchev–Trinajstić information content (AvgIpc) is 2.73. The average molecular weight is 378 g/mol. The molecular weight excluding hydrogens is 352 g/mol. The summed E-state index contributed by atoms with van der Waals surface area (Å²) in [5, 5.41) is 7.08. The largest absolute Gasteiger partial charge is 0.399 e. The normalized spacial score (nSPS) is 15.1. The molecule has 3 rings (SSSR count). The van der Waals surface area contributed by atoms with Crippen molar-refractivity contribution in [1.82, 2.24) is 5.43 Å². The Morgan fingerprint density at radius 2 is 1.54 bits per heavy atom. The van der Waals surface area contributed by atoms with Gasteiger partial charge < -0.3 is 11.1 Å². The molecule has 2 amide bonds. The first-order valence-corrected chi connectivity index (χ1v) is 9.64. The molecule has 6 heteroatoms. The molecule has 0 saturated heterocycles. The second-order valence-corrected chi connectivity index (χ2v) is 7.16. The van der Waals surface area contributed by atoms with E-state index in [0.717, 1.165) is 31.2 Å². The van der Waals surface area contributed by atoms with E-state index in [1.165, 1.54) is 6.42 Å². The van der Waals surface area contributed by atoms with Crippen LogP contribution in [0.4, 0.5) is 11.4 Å². The zero-order chi connectivity index (χ0) is 19.9. The maximum Gasteiger partial charge on any atom is 0.271 e. The van der Waals surface area contributed by atoms with Crippen LogP contribution >= 0.6 is 0 Å². The molecule has 6 nitrogen and oxygen atoms in total. The molecule has 4 N–H and O–H groups in total. The molecule has 0 atom stereocenters. The number of carbonyl (C=O) groups is 2. The highest BCUT2D eigenvalue weighted by Crippen LogP contribution is 2.25. The second kappa shape index (κ2) is 9.17. The smallest absolute Gasteiger partial charge is 0.271 e. The van der Waals surface area contributed by atoms with Crippen molar-refractivity contribution in [2.75, 3.05) is 11.1 Å². The monoisotopic (exact) mass is 378 g/mol. The van der Waals surface area contributed by atoms with E-state index < -0.39 is 0 Å².